The lowest BCUT2D eigenvalue weighted by molar-refractivity contribution is 0.0994. The molecule has 1 aromatic carbocycles. The summed E-state index contributed by atoms with van der Waals surface area (Å²) >= 11 is 13.3. The Labute approximate surface area is 122 Å². The van der Waals surface area contributed by atoms with Crippen molar-refractivity contribution >= 4 is 40.7 Å². The van der Waals surface area contributed by atoms with E-state index in [9.17, 15) is 4.79 Å². The quantitative estimate of drug-likeness (QED) is 0.805. The van der Waals surface area contributed by atoms with E-state index in [0.29, 0.717) is 22.0 Å². The maximum absolute atomic E-state index is 12.2. The van der Waals surface area contributed by atoms with E-state index in [1.165, 1.54) is 11.8 Å². The Morgan fingerprint density at radius 1 is 1.39 bits per heavy atom. The topological polar surface area (TPSA) is 37.3 Å². The van der Waals surface area contributed by atoms with Gasteiger partial charge in [-0.05, 0) is 31.5 Å². The lowest BCUT2D eigenvalue weighted by Crippen LogP contribution is -2.17. The van der Waals surface area contributed by atoms with Crippen LogP contribution in [-0.2, 0) is 0 Å². The summed E-state index contributed by atoms with van der Waals surface area (Å²) in [5.74, 6) is -0.00791. The summed E-state index contributed by atoms with van der Waals surface area (Å²) in [6, 6.07) is 4.89. The number of ketones is 1. The van der Waals surface area contributed by atoms with Gasteiger partial charge in [0.2, 0.25) is 0 Å². The lowest BCUT2D eigenvalue weighted by Gasteiger charge is -2.16. The van der Waals surface area contributed by atoms with E-state index in [2.05, 4.69) is 0 Å². The number of carbonyl (C=O) groups is 1. The van der Waals surface area contributed by atoms with Crippen LogP contribution in [0.4, 0.5) is 0 Å². The molecule has 5 heteroatoms. The first-order chi connectivity index (χ1) is 8.45. The van der Waals surface area contributed by atoms with Crippen molar-refractivity contribution in [3.8, 4) is 0 Å². The van der Waals surface area contributed by atoms with E-state index < -0.39 is 0 Å². The number of halogens is 2. The highest BCUT2D eigenvalue weighted by molar-refractivity contribution is 8.01. The van der Waals surface area contributed by atoms with Gasteiger partial charge in [0.25, 0.3) is 0 Å². The Bertz CT molecular complexity index is 423. The van der Waals surface area contributed by atoms with E-state index in [0.717, 1.165) is 0 Å². The summed E-state index contributed by atoms with van der Waals surface area (Å²) in [5, 5.41) is 9.80. The highest BCUT2D eigenvalue weighted by atomic mass is 35.5. The minimum Gasteiger partial charge on any atom is -0.396 e. The molecule has 1 aromatic rings. The highest BCUT2D eigenvalue weighted by Gasteiger charge is 2.20. The van der Waals surface area contributed by atoms with Gasteiger partial charge >= 0.3 is 0 Å². The van der Waals surface area contributed by atoms with Crippen molar-refractivity contribution in [3.63, 3.8) is 0 Å². The van der Waals surface area contributed by atoms with Crippen LogP contribution in [0.3, 0.4) is 0 Å². The van der Waals surface area contributed by atoms with Gasteiger partial charge in [-0.25, -0.2) is 0 Å². The molecule has 100 valence electrons. The fourth-order valence-electron chi connectivity index (χ4n) is 1.57. The molecule has 1 N–H and O–H groups in total. The second kappa shape index (κ2) is 7.39. The lowest BCUT2D eigenvalue weighted by atomic mass is 10.1. The molecule has 0 bridgehead atoms. The maximum Gasteiger partial charge on any atom is 0.177 e. The standard InChI is InChI=1S/C13H16Cl2O2S/c1-8(5-6-16)18-9(2)13(17)11-4-3-10(14)7-12(11)15/h3-4,7-9,16H,5-6H2,1-2H3. The summed E-state index contributed by atoms with van der Waals surface area (Å²) in [4.78, 5) is 12.2. The van der Waals surface area contributed by atoms with Crippen LogP contribution < -0.4 is 0 Å². The third-order valence-electron chi connectivity index (χ3n) is 2.54. The Kier molecular flexibility index (Phi) is 6.50. The number of benzene rings is 1. The first-order valence-electron chi connectivity index (χ1n) is 5.71. The van der Waals surface area contributed by atoms with Crippen molar-refractivity contribution in [2.45, 2.75) is 30.8 Å². The zero-order chi connectivity index (χ0) is 13.7. The fourth-order valence-corrected chi connectivity index (χ4v) is 3.26. The van der Waals surface area contributed by atoms with E-state index in [1.807, 2.05) is 13.8 Å². The van der Waals surface area contributed by atoms with Crippen molar-refractivity contribution in [2.75, 3.05) is 6.61 Å². The Hall–Kier alpha value is -0.220. The van der Waals surface area contributed by atoms with Gasteiger partial charge in [0.1, 0.15) is 0 Å². The molecule has 18 heavy (non-hydrogen) atoms. The summed E-state index contributed by atoms with van der Waals surface area (Å²) in [6.45, 7) is 3.98. The largest absolute Gasteiger partial charge is 0.396 e. The molecule has 0 saturated carbocycles. The molecule has 0 aromatic heterocycles. The molecule has 0 heterocycles. The zero-order valence-electron chi connectivity index (χ0n) is 10.3. The molecule has 0 fully saturated rings. The Balaban J connectivity index is 2.74. The monoisotopic (exact) mass is 306 g/mol. The van der Waals surface area contributed by atoms with Crippen LogP contribution in [0.15, 0.2) is 18.2 Å². The van der Waals surface area contributed by atoms with Gasteiger partial charge < -0.3 is 5.11 Å². The normalized spacial score (nSPS) is 14.3. The number of thioether (sulfide) groups is 1. The summed E-state index contributed by atoms with van der Waals surface area (Å²) in [6.07, 6.45) is 0.677. The molecule has 0 amide bonds. The van der Waals surface area contributed by atoms with Crippen molar-refractivity contribution in [2.24, 2.45) is 0 Å². The molecule has 2 atom stereocenters. The maximum atomic E-state index is 12.2. The minimum atomic E-state index is -0.190. The van der Waals surface area contributed by atoms with Gasteiger partial charge in [-0.2, -0.15) is 0 Å². The van der Waals surface area contributed by atoms with Gasteiger partial charge in [0, 0.05) is 22.4 Å². The van der Waals surface area contributed by atoms with Crippen molar-refractivity contribution in [3.05, 3.63) is 33.8 Å². The van der Waals surface area contributed by atoms with Gasteiger partial charge in [-0.1, -0.05) is 30.1 Å². The SMILES string of the molecule is CC(CCO)SC(C)C(=O)c1ccc(Cl)cc1Cl. The second-order valence-electron chi connectivity index (χ2n) is 4.09. The predicted molar refractivity (Wildman–Crippen MR) is 79.0 cm³/mol. The highest BCUT2D eigenvalue weighted by Crippen LogP contribution is 2.27. The average Bonchev–Trinajstić information content (AvgIpc) is 2.28. The number of carbonyl (C=O) groups excluding carboxylic acids is 1. The molecule has 0 radical (unpaired) electrons. The van der Waals surface area contributed by atoms with E-state index in [4.69, 9.17) is 28.3 Å². The molecule has 0 aliphatic heterocycles. The number of aliphatic hydroxyl groups excluding tert-OH is 1. The molecular weight excluding hydrogens is 291 g/mol. The molecule has 2 unspecified atom stereocenters. The smallest absolute Gasteiger partial charge is 0.177 e. The van der Waals surface area contributed by atoms with E-state index >= 15 is 0 Å². The van der Waals surface area contributed by atoms with Crippen LogP contribution in [0.1, 0.15) is 30.6 Å². The van der Waals surface area contributed by atoms with Gasteiger partial charge in [-0.3, -0.25) is 4.79 Å². The zero-order valence-corrected chi connectivity index (χ0v) is 12.6. The summed E-state index contributed by atoms with van der Waals surface area (Å²) in [5.41, 5.74) is 0.497. The third-order valence-corrected chi connectivity index (χ3v) is 4.41. The molecule has 1 rings (SSSR count). The first-order valence-corrected chi connectivity index (χ1v) is 7.41. The molecule has 2 nitrogen and oxygen atoms in total. The number of aliphatic hydroxyl groups is 1. The summed E-state index contributed by atoms with van der Waals surface area (Å²) in [7, 11) is 0. The van der Waals surface area contributed by atoms with Crippen molar-refractivity contribution in [1.82, 2.24) is 0 Å². The Morgan fingerprint density at radius 2 is 2.06 bits per heavy atom. The second-order valence-corrected chi connectivity index (χ2v) is 6.72. The van der Waals surface area contributed by atoms with Crippen molar-refractivity contribution in [1.29, 1.82) is 0 Å². The van der Waals surface area contributed by atoms with Crippen molar-refractivity contribution < 1.29 is 9.90 Å². The minimum absolute atomic E-state index is 0.00791. The van der Waals surface area contributed by atoms with Crippen LogP contribution in [0.25, 0.3) is 0 Å². The molecule has 0 aliphatic rings. The van der Waals surface area contributed by atoms with Gasteiger partial charge in [0.05, 0.1) is 10.3 Å². The third kappa shape index (κ3) is 4.47. The number of hydrogen-bond donors (Lipinski definition) is 1. The number of rotatable bonds is 6. The first kappa shape index (κ1) is 15.8. The Morgan fingerprint density at radius 3 is 2.61 bits per heavy atom. The van der Waals surface area contributed by atoms with Crippen LogP contribution in [0.5, 0.6) is 0 Å². The predicted octanol–water partition coefficient (Wildman–Crippen LogP) is 4.07. The molecular formula is C13H16Cl2O2S. The summed E-state index contributed by atoms with van der Waals surface area (Å²) < 4.78 is 0. The van der Waals surface area contributed by atoms with E-state index in [-0.39, 0.29) is 22.9 Å². The van der Waals surface area contributed by atoms with Crippen LogP contribution >= 0.6 is 35.0 Å². The average molecular weight is 307 g/mol. The molecule has 0 saturated heterocycles. The van der Waals surface area contributed by atoms with Crippen LogP contribution in [0, 0.1) is 0 Å². The number of hydrogen-bond acceptors (Lipinski definition) is 3. The fraction of sp³-hybridized carbons (Fsp3) is 0.462. The van der Waals surface area contributed by atoms with E-state index in [1.54, 1.807) is 18.2 Å². The molecule has 0 spiro atoms. The van der Waals surface area contributed by atoms with Gasteiger partial charge in [-0.15, -0.1) is 11.8 Å². The van der Waals surface area contributed by atoms with Gasteiger partial charge in [0.15, 0.2) is 5.78 Å². The molecule has 0 aliphatic carbocycles. The number of Topliss-reactive ketones (excluding diaryl/α,β-unsaturated/α-hetero) is 1. The van der Waals surface area contributed by atoms with Crippen LogP contribution in [-0.4, -0.2) is 28.0 Å². The van der Waals surface area contributed by atoms with Crippen LogP contribution in [0.2, 0.25) is 10.0 Å².